The van der Waals surface area contributed by atoms with E-state index in [1.165, 1.54) is 6.92 Å². The van der Waals surface area contributed by atoms with E-state index in [9.17, 15) is 22.0 Å². The zero-order valence-corrected chi connectivity index (χ0v) is 19.4. The number of nitrogens with one attached hydrogen (secondary N) is 1. The van der Waals surface area contributed by atoms with E-state index in [1.807, 2.05) is 13.0 Å². The molecule has 0 spiro atoms. The summed E-state index contributed by atoms with van der Waals surface area (Å²) in [7, 11) is -3.91. The summed E-state index contributed by atoms with van der Waals surface area (Å²) >= 11 is 0. The van der Waals surface area contributed by atoms with Crippen LogP contribution in [0.4, 0.5) is 8.78 Å². The molecule has 7 nitrogen and oxygen atoms in total. The van der Waals surface area contributed by atoms with Gasteiger partial charge in [0.1, 0.15) is 6.04 Å². The largest absolute Gasteiger partial charge is 0.331 e. The summed E-state index contributed by atoms with van der Waals surface area (Å²) in [5.74, 6) is -4.16. The van der Waals surface area contributed by atoms with Crippen LogP contribution in [0, 0.1) is 12.8 Å². The Kier molecular flexibility index (Phi) is 6.94. The molecule has 0 saturated carbocycles. The Balaban J connectivity index is 1.98. The number of carbonyl (C=O) groups excluding carboxylic acids is 1. The summed E-state index contributed by atoms with van der Waals surface area (Å²) in [5, 5.41) is 0. The second-order valence-electron chi connectivity index (χ2n) is 8.37. The number of aromatic nitrogens is 2. The van der Waals surface area contributed by atoms with Crippen molar-refractivity contribution in [2.45, 2.75) is 52.1 Å². The zero-order valence-electron chi connectivity index (χ0n) is 18.5. The Morgan fingerprint density at radius 1 is 1.31 bits per heavy atom. The van der Waals surface area contributed by atoms with E-state index in [-0.39, 0.29) is 12.2 Å². The lowest BCUT2D eigenvalue weighted by Gasteiger charge is -2.29. The van der Waals surface area contributed by atoms with E-state index < -0.39 is 46.4 Å². The van der Waals surface area contributed by atoms with Gasteiger partial charge in [0.15, 0.2) is 5.82 Å². The molecule has 1 aliphatic rings. The van der Waals surface area contributed by atoms with Gasteiger partial charge in [0.25, 0.3) is 5.92 Å². The quantitative estimate of drug-likeness (QED) is 0.678. The molecule has 0 aliphatic carbocycles. The van der Waals surface area contributed by atoms with Gasteiger partial charge in [-0.15, -0.1) is 0 Å². The number of carbonyl (C=O) groups is 1. The first-order valence-corrected chi connectivity index (χ1v) is 12.2. The van der Waals surface area contributed by atoms with Crippen LogP contribution in [0.1, 0.15) is 32.0 Å². The minimum absolute atomic E-state index is 0.0601. The molecule has 2 aromatic rings. The molecule has 1 amide bonds. The number of halogens is 2. The molecule has 1 aromatic carbocycles. The average Bonchev–Trinajstić information content (AvgIpc) is 2.97. The first-order chi connectivity index (χ1) is 14.9. The number of likely N-dealkylation sites (tertiary alicyclic amines) is 1. The normalized spacial score (nSPS) is 20.7. The van der Waals surface area contributed by atoms with Crippen LogP contribution in [-0.2, 0) is 21.2 Å². The van der Waals surface area contributed by atoms with E-state index in [4.69, 9.17) is 0 Å². The Morgan fingerprint density at radius 2 is 2.03 bits per heavy atom. The Morgan fingerprint density at radius 3 is 2.66 bits per heavy atom. The number of hydrogen-bond acceptors (Lipinski definition) is 5. The zero-order chi connectivity index (χ0) is 23.7. The van der Waals surface area contributed by atoms with E-state index in [0.717, 1.165) is 10.6 Å². The van der Waals surface area contributed by atoms with Crippen LogP contribution in [-0.4, -0.2) is 59.5 Å². The predicted octanol–water partition coefficient (Wildman–Crippen LogP) is 2.80. The van der Waals surface area contributed by atoms with Crippen molar-refractivity contribution in [1.29, 1.82) is 0 Å². The van der Waals surface area contributed by atoms with Crippen LogP contribution in [0.2, 0.25) is 0 Å². The second-order valence-corrected chi connectivity index (χ2v) is 10.4. The first-order valence-electron chi connectivity index (χ1n) is 10.5. The third-order valence-corrected chi connectivity index (χ3v) is 6.88. The van der Waals surface area contributed by atoms with Gasteiger partial charge in [-0.2, -0.15) is 0 Å². The fraction of sp³-hybridized carbons (Fsp3) is 0.500. The van der Waals surface area contributed by atoms with Gasteiger partial charge in [0.2, 0.25) is 15.9 Å². The molecule has 2 heterocycles. The van der Waals surface area contributed by atoms with Gasteiger partial charge in [-0.3, -0.25) is 4.79 Å². The summed E-state index contributed by atoms with van der Waals surface area (Å²) in [6.45, 7) is 5.67. The molecule has 10 heteroatoms. The standard InChI is InChI=1S/C22H28F2N4O3S/c1-5-32(30,31)27-19-18(28(13-22(19,23)24)21(29)14(2)3)12-16-7-6-8-17(11-16)20-25-10-9-15(4)26-20/h6-11,14,18-19,27H,5,12-13H2,1-4H3/t18-,19+/m0/s1. The third kappa shape index (κ3) is 5.29. The monoisotopic (exact) mass is 466 g/mol. The van der Waals surface area contributed by atoms with E-state index in [1.54, 1.807) is 44.3 Å². The lowest BCUT2D eigenvalue weighted by molar-refractivity contribution is -0.136. The maximum Gasteiger partial charge on any atom is 0.283 e. The van der Waals surface area contributed by atoms with Crippen LogP contribution >= 0.6 is 0 Å². The highest BCUT2D eigenvalue weighted by Crippen LogP contribution is 2.36. The highest BCUT2D eigenvalue weighted by atomic mass is 32.2. The smallest absolute Gasteiger partial charge is 0.283 e. The van der Waals surface area contributed by atoms with Crippen molar-refractivity contribution in [2.24, 2.45) is 5.92 Å². The molecular formula is C22H28F2N4O3S. The average molecular weight is 467 g/mol. The molecule has 32 heavy (non-hydrogen) atoms. The molecule has 174 valence electrons. The van der Waals surface area contributed by atoms with Crippen molar-refractivity contribution in [2.75, 3.05) is 12.3 Å². The van der Waals surface area contributed by atoms with Crippen molar-refractivity contribution < 1.29 is 22.0 Å². The number of sulfonamides is 1. The Bertz CT molecular complexity index is 1090. The number of nitrogens with zero attached hydrogens (tertiary/aromatic N) is 3. The Hall–Kier alpha value is -2.46. The molecule has 2 atom stereocenters. The summed E-state index contributed by atoms with van der Waals surface area (Å²) in [5.41, 5.74) is 2.18. The van der Waals surface area contributed by atoms with Gasteiger partial charge in [-0.25, -0.2) is 31.9 Å². The van der Waals surface area contributed by atoms with Crippen molar-refractivity contribution in [3.63, 3.8) is 0 Å². The summed E-state index contributed by atoms with van der Waals surface area (Å²) in [4.78, 5) is 22.5. The van der Waals surface area contributed by atoms with Gasteiger partial charge >= 0.3 is 0 Å². The van der Waals surface area contributed by atoms with Crippen LogP contribution in [0.3, 0.4) is 0 Å². The fourth-order valence-electron chi connectivity index (χ4n) is 3.81. The van der Waals surface area contributed by atoms with Crippen LogP contribution in [0.5, 0.6) is 0 Å². The molecule has 1 fully saturated rings. The summed E-state index contributed by atoms with van der Waals surface area (Å²) in [6, 6.07) is 6.16. The number of amides is 1. The van der Waals surface area contributed by atoms with Gasteiger partial charge < -0.3 is 4.90 Å². The Labute approximate surface area is 187 Å². The minimum Gasteiger partial charge on any atom is -0.331 e. The van der Waals surface area contributed by atoms with Crippen LogP contribution in [0.15, 0.2) is 36.5 Å². The predicted molar refractivity (Wildman–Crippen MR) is 118 cm³/mol. The third-order valence-electron chi connectivity index (χ3n) is 5.51. The number of aryl methyl sites for hydroxylation is 1. The number of benzene rings is 1. The summed E-state index contributed by atoms with van der Waals surface area (Å²) < 4.78 is 56.4. The molecule has 1 aliphatic heterocycles. The highest BCUT2D eigenvalue weighted by molar-refractivity contribution is 7.89. The SMILES string of the molecule is CCS(=O)(=O)N[C@@H]1[C@H](Cc2cccc(-c3nccc(C)n3)c2)N(C(=O)C(C)C)CC1(F)F. The van der Waals surface area contributed by atoms with E-state index >= 15 is 0 Å². The van der Waals surface area contributed by atoms with Crippen molar-refractivity contribution in [1.82, 2.24) is 19.6 Å². The van der Waals surface area contributed by atoms with E-state index in [0.29, 0.717) is 17.0 Å². The van der Waals surface area contributed by atoms with Gasteiger partial charge in [-0.1, -0.05) is 32.0 Å². The molecule has 1 aromatic heterocycles. The number of rotatable bonds is 7. The van der Waals surface area contributed by atoms with Crippen LogP contribution < -0.4 is 4.72 Å². The van der Waals surface area contributed by atoms with Gasteiger partial charge in [0.05, 0.1) is 18.3 Å². The number of hydrogen-bond donors (Lipinski definition) is 1. The highest BCUT2D eigenvalue weighted by Gasteiger charge is 2.57. The maximum atomic E-state index is 15.0. The lowest BCUT2D eigenvalue weighted by atomic mass is 9.97. The number of alkyl halides is 2. The van der Waals surface area contributed by atoms with Crippen molar-refractivity contribution in [3.05, 3.63) is 47.8 Å². The topological polar surface area (TPSA) is 92.3 Å². The molecule has 0 radical (unpaired) electrons. The van der Waals surface area contributed by atoms with E-state index in [2.05, 4.69) is 14.7 Å². The van der Waals surface area contributed by atoms with Crippen LogP contribution in [0.25, 0.3) is 11.4 Å². The van der Waals surface area contributed by atoms with Gasteiger partial charge in [0, 0.05) is 23.4 Å². The molecule has 1 saturated heterocycles. The molecule has 0 bridgehead atoms. The second kappa shape index (κ2) is 9.19. The van der Waals surface area contributed by atoms with Gasteiger partial charge in [-0.05, 0) is 38.0 Å². The van der Waals surface area contributed by atoms with Crippen molar-refractivity contribution in [3.8, 4) is 11.4 Å². The maximum absolute atomic E-state index is 15.0. The molecule has 0 unspecified atom stereocenters. The summed E-state index contributed by atoms with van der Waals surface area (Å²) in [6.07, 6.45) is 1.70. The molecule has 3 rings (SSSR count). The molecular weight excluding hydrogens is 438 g/mol. The molecule has 1 N–H and O–H groups in total. The first kappa shape index (κ1) is 24.2. The minimum atomic E-state index is -3.91. The van der Waals surface area contributed by atoms with Crippen molar-refractivity contribution >= 4 is 15.9 Å². The lowest BCUT2D eigenvalue weighted by Crippen LogP contribution is -2.53. The fourth-order valence-corrected chi connectivity index (χ4v) is 4.70.